The maximum absolute atomic E-state index is 12.9. The zero-order valence-electron chi connectivity index (χ0n) is 13.7. The lowest BCUT2D eigenvalue weighted by Crippen LogP contribution is -2.06. The minimum Gasteiger partial charge on any atom is -0.219 e. The molecule has 0 aromatic heterocycles. The van der Waals surface area contributed by atoms with Gasteiger partial charge in [0.1, 0.15) is 0 Å². The lowest BCUT2D eigenvalue weighted by molar-refractivity contribution is 0.594. The summed E-state index contributed by atoms with van der Waals surface area (Å²) in [6.07, 6.45) is 0. The molecule has 10 heteroatoms. The normalized spacial score (nSPS) is 12.1. The van der Waals surface area contributed by atoms with Crippen LogP contribution in [0.25, 0.3) is 0 Å². The Morgan fingerprint density at radius 2 is 0.786 bits per heavy atom. The monoisotopic (exact) mass is 494 g/mol. The first kappa shape index (κ1) is 21.4. The van der Waals surface area contributed by atoms with Crippen LogP contribution >= 0.6 is 46.4 Å². The summed E-state index contributed by atoms with van der Waals surface area (Å²) in [4.78, 5) is -0.740. The lowest BCUT2D eigenvalue weighted by Gasteiger charge is -2.10. The average Bonchev–Trinajstić information content (AvgIpc) is 2.60. The molecule has 0 spiro atoms. The number of sulfone groups is 2. The van der Waals surface area contributed by atoms with E-state index in [1.807, 2.05) is 0 Å². The van der Waals surface area contributed by atoms with Crippen molar-refractivity contribution in [2.75, 3.05) is 0 Å². The number of benzene rings is 3. The summed E-state index contributed by atoms with van der Waals surface area (Å²) in [5.74, 6) is 0. The highest BCUT2D eigenvalue weighted by atomic mass is 35.5. The van der Waals surface area contributed by atoms with Crippen LogP contribution in [0.3, 0.4) is 0 Å². The van der Waals surface area contributed by atoms with Crippen molar-refractivity contribution in [3.8, 4) is 0 Å². The van der Waals surface area contributed by atoms with E-state index in [0.717, 1.165) is 6.07 Å². The second-order valence-electron chi connectivity index (χ2n) is 5.69. The Labute approximate surface area is 182 Å². The smallest absolute Gasteiger partial charge is 0.206 e. The van der Waals surface area contributed by atoms with E-state index in [2.05, 4.69) is 0 Å². The molecule has 28 heavy (non-hydrogen) atoms. The van der Waals surface area contributed by atoms with E-state index in [4.69, 9.17) is 46.4 Å². The van der Waals surface area contributed by atoms with Crippen LogP contribution in [-0.4, -0.2) is 16.8 Å². The Hall–Kier alpha value is -1.28. The van der Waals surface area contributed by atoms with Crippen molar-refractivity contribution < 1.29 is 16.8 Å². The van der Waals surface area contributed by atoms with E-state index in [1.54, 1.807) is 0 Å². The molecule has 3 aromatic carbocycles. The molecule has 0 atom stereocenters. The van der Waals surface area contributed by atoms with Crippen molar-refractivity contribution in [3.63, 3.8) is 0 Å². The maximum Gasteiger partial charge on any atom is 0.206 e. The molecular formula is C18H10Cl4O4S2. The molecule has 3 aromatic rings. The number of halogens is 4. The third-order valence-corrected chi connectivity index (χ3v) is 8.05. The molecule has 0 fully saturated rings. The second-order valence-corrected chi connectivity index (χ2v) is 11.3. The summed E-state index contributed by atoms with van der Waals surface area (Å²) in [7, 11) is -8.10. The zero-order valence-corrected chi connectivity index (χ0v) is 18.4. The highest BCUT2D eigenvalue weighted by Crippen LogP contribution is 2.31. The molecule has 0 N–H and O–H groups in total. The van der Waals surface area contributed by atoms with Gasteiger partial charge in [-0.05, 0) is 54.6 Å². The van der Waals surface area contributed by atoms with Crippen LogP contribution in [-0.2, 0) is 19.7 Å². The zero-order chi connectivity index (χ0) is 20.7. The van der Waals surface area contributed by atoms with Crippen LogP contribution in [0.1, 0.15) is 0 Å². The quantitative estimate of drug-likeness (QED) is 0.447. The van der Waals surface area contributed by atoms with Crippen molar-refractivity contribution in [2.24, 2.45) is 0 Å². The largest absolute Gasteiger partial charge is 0.219 e. The molecule has 0 aliphatic carbocycles. The first-order valence-corrected chi connectivity index (χ1v) is 12.0. The molecule has 3 rings (SSSR count). The summed E-state index contributed by atoms with van der Waals surface area (Å²) >= 11 is 23.5. The topological polar surface area (TPSA) is 68.3 Å². The van der Waals surface area contributed by atoms with Gasteiger partial charge in [0.25, 0.3) is 0 Å². The van der Waals surface area contributed by atoms with E-state index in [1.165, 1.54) is 54.6 Å². The second kappa shape index (κ2) is 7.86. The molecule has 146 valence electrons. The Bertz CT molecular complexity index is 1150. The van der Waals surface area contributed by atoms with Crippen molar-refractivity contribution >= 4 is 66.1 Å². The van der Waals surface area contributed by atoms with Crippen molar-refractivity contribution in [2.45, 2.75) is 19.6 Å². The first-order valence-electron chi connectivity index (χ1n) is 7.52. The molecule has 0 radical (unpaired) electrons. The van der Waals surface area contributed by atoms with Gasteiger partial charge in [-0.2, -0.15) is 0 Å². The van der Waals surface area contributed by atoms with Gasteiger partial charge in [0, 0.05) is 20.1 Å². The summed E-state index contributed by atoms with van der Waals surface area (Å²) < 4.78 is 51.6. The fraction of sp³-hybridized carbons (Fsp3) is 0. The minimum atomic E-state index is -4.05. The fourth-order valence-corrected chi connectivity index (χ4v) is 6.59. The average molecular weight is 496 g/mol. The number of hydrogen-bond acceptors (Lipinski definition) is 4. The van der Waals surface area contributed by atoms with Gasteiger partial charge in [-0.15, -0.1) is 0 Å². The van der Waals surface area contributed by atoms with Crippen molar-refractivity contribution in [3.05, 3.63) is 80.8 Å². The SMILES string of the molecule is O=S(=O)(c1cc(Cl)cc(Cl)c1)c1cccc(S(=O)(=O)c2cc(Cl)cc(Cl)c2)c1. The summed E-state index contributed by atoms with van der Waals surface area (Å²) in [5.41, 5.74) is 0. The van der Waals surface area contributed by atoms with E-state index in [-0.39, 0.29) is 39.7 Å². The summed E-state index contributed by atoms with van der Waals surface area (Å²) in [6, 6.07) is 12.7. The summed E-state index contributed by atoms with van der Waals surface area (Å²) in [6.45, 7) is 0. The van der Waals surface area contributed by atoms with Crippen LogP contribution < -0.4 is 0 Å². The third kappa shape index (κ3) is 4.32. The molecule has 0 unspecified atom stereocenters. The molecule has 0 heterocycles. The Morgan fingerprint density at radius 3 is 1.11 bits per heavy atom. The standard InChI is InChI=1S/C18H10Cl4O4S2/c19-11-4-12(20)7-17(6-11)27(23,24)15-2-1-3-16(10-15)28(25,26)18-8-13(21)5-14(22)9-18/h1-10H. The van der Waals surface area contributed by atoms with Crippen LogP contribution in [0.4, 0.5) is 0 Å². The summed E-state index contributed by atoms with van der Waals surface area (Å²) in [5, 5.41) is 0.568. The van der Waals surface area contributed by atoms with Crippen LogP contribution in [0.5, 0.6) is 0 Å². The predicted molar refractivity (Wildman–Crippen MR) is 110 cm³/mol. The molecule has 0 bridgehead atoms. The molecule has 0 amide bonds. The first-order chi connectivity index (χ1) is 13.0. The fourth-order valence-electron chi connectivity index (χ4n) is 2.45. The molecule has 0 aliphatic heterocycles. The molecule has 0 saturated heterocycles. The van der Waals surface area contributed by atoms with E-state index in [9.17, 15) is 16.8 Å². The van der Waals surface area contributed by atoms with Gasteiger partial charge in [0.05, 0.1) is 19.6 Å². The predicted octanol–water partition coefficient (Wildman–Crippen LogP) is 5.97. The van der Waals surface area contributed by atoms with Gasteiger partial charge >= 0.3 is 0 Å². The highest BCUT2D eigenvalue weighted by molar-refractivity contribution is 7.92. The van der Waals surface area contributed by atoms with Crippen LogP contribution in [0, 0.1) is 0 Å². The van der Waals surface area contributed by atoms with Gasteiger partial charge in [0.15, 0.2) is 0 Å². The minimum absolute atomic E-state index is 0.142. The number of hydrogen-bond donors (Lipinski definition) is 0. The Kier molecular flexibility index (Phi) is 6.01. The van der Waals surface area contributed by atoms with Crippen molar-refractivity contribution in [1.29, 1.82) is 0 Å². The van der Waals surface area contributed by atoms with E-state index >= 15 is 0 Å². The third-order valence-electron chi connectivity index (χ3n) is 3.72. The van der Waals surface area contributed by atoms with Crippen molar-refractivity contribution in [1.82, 2.24) is 0 Å². The van der Waals surface area contributed by atoms with E-state index < -0.39 is 19.7 Å². The molecule has 4 nitrogen and oxygen atoms in total. The van der Waals surface area contributed by atoms with Gasteiger partial charge < -0.3 is 0 Å². The molecular weight excluding hydrogens is 486 g/mol. The van der Waals surface area contributed by atoms with Crippen LogP contribution in [0.15, 0.2) is 80.2 Å². The maximum atomic E-state index is 12.9. The molecule has 0 saturated carbocycles. The van der Waals surface area contributed by atoms with E-state index in [0.29, 0.717) is 0 Å². The van der Waals surface area contributed by atoms with Gasteiger partial charge in [-0.25, -0.2) is 16.8 Å². The van der Waals surface area contributed by atoms with Gasteiger partial charge in [0.2, 0.25) is 19.7 Å². The number of rotatable bonds is 4. The highest BCUT2D eigenvalue weighted by Gasteiger charge is 2.24. The van der Waals surface area contributed by atoms with Gasteiger partial charge in [-0.3, -0.25) is 0 Å². The Morgan fingerprint density at radius 1 is 0.464 bits per heavy atom. The van der Waals surface area contributed by atoms with Gasteiger partial charge in [-0.1, -0.05) is 52.5 Å². The Balaban J connectivity index is 2.14. The van der Waals surface area contributed by atoms with Crippen LogP contribution in [0.2, 0.25) is 20.1 Å². The molecule has 0 aliphatic rings. The lowest BCUT2D eigenvalue weighted by atomic mass is 10.3.